The highest BCUT2D eigenvalue weighted by atomic mass is 19.1. The number of aromatic nitrogens is 3. The normalized spacial score (nSPS) is 19.3. The van der Waals surface area contributed by atoms with E-state index < -0.39 is 30.0 Å². The van der Waals surface area contributed by atoms with Gasteiger partial charge in [-0.1, -0.05) is 0 Å². The van der Waals surface area contributed by atoms with Gasteiger partial charge >= 0.3 is 11.9 Å². The van der Waals surface area contributed by atoms with Crippen LogP contribution in [0.4, 0.5) is 14.6 Å². The van der Waals surface area contributed by atoms with Crippen LogP contribution in [0.2, 0.25) is 0 Å². The maximum atomic E-state index is 14.2. The summed E-state index contributed by atoms with van der Waals surface area (Å²) in [5.74, 6) is -2.92. The summed E-state index contributed by atoms with van der Waals surface area (Å²) in [5.41, 5.74) is 0.0700. The van der Waals surface area contributed by atoms with E-state index in [-0.39, 0.29) is 29.7 Å². The van der Waals surface area contributed by atoms with Crippen molar-refractivity contribution in [2.75, 3.05) is 11.4 Å². The van der Waals surface area contributed by atoms with E-state index >= 15 is 0 Å². The number of nitrogens with zero attached hydrogens (tertiary/aromatic N) is 4. The molecule has 1 fully saturated rings. The fraction of sp³-hybridized carbons (Fsp3) is 0.222. The van der Waals surface area contributed by atoms with Crippen LogP contribution in [0.1, 0.15) is 38.7 Å². The molecule has 0 bridgehead atoms. The van der Waals surface area contributed by atoms with Gasteiger partial charge in [0, 0.05) is 12.6 Å². The number of benzene rings is 1. The van der Waals surface area contributed by atoms with E-state index in [2.05, 4.69) is 10.1 Å². The molecule has 1 saturated heterocycles. The predicted molar refractivity (Wildman–Crippen MR) is 92.9 cm³/mol. The number of fused-ring (bicyclic) bond motifs is 1. The molecule has 2 N–H and O–H groups in total. The predicted octanol–water partition coefficient (Wildman–Crippen LogP) is 2.55. The minimum absolute atomic E-state index is 0.0282. The van der Waals surface area contributed by atoms with E-state index in [0.717, 1.165) is 6.07 Å². The van der Waals surface area contributed by atoms with Crippen LogP contribution in [-0.4, -0.2) is 49.5 Å². The van der Waals surface area contributed by atoms with Crippen LogP contribution in [0.5, 0.6) is 0 Å². The number of carboxylic acid groups (broad SMARTS) is 2. The zero-order valence-corrected chi connectivity index (χ0v) is 14.3. The van der Waals surface area contributed by atoms with E-state index in [4.69, 9.17) is 5.11 Å². The first kappa shape index (κ1) is 17.8. The van der Waals surface area contributed by atoms with Crippen LogP contribution in [0.15, 0.2) is 36.7 Å². The zero-order valence-electron chi connectivity index (χ0n) is 14.3. The number of aromatic carboxylic acids is 2. The van der Waals surface area contributed by atoms with Crippen LogP contribution < -0.4 is 4.90 Å². The summed E-state index contributed by atoms with van der Waals surface area (Å²) in [6.07, 6.45) is 1.46. The first-order valence-corrected chi connectivity index (χ1v) is 8.35. The third kappa shape index (κ3) is 3.02. The maximum absolute atomic E-state index is 14.2. The van der Waals surface area contributed by atoms with Crippen LogP contribution in [0.25, 0.3) is 5.65 Å². The lowest BCUT2D eigenvalue weighted by Crippen LogP contribution is -2.25. The Labute approximate surface area is 156 Å². The van der Waals surface area contributed by atoms with Gasteiger partial charge in [0.05, 0.1) is 24.3 Å². The van der Waals surface area contributed by atoms with E-state index in [9.17, 15) is 23.5 Å². The van der Waals surface area contributed by atoms with Crippen molar-refractivity contribution in [3.05, 3.63) is 59.2 Å². The summed E-state index contributed by atoms with van der Waals surface area (Å²) < 4.78 is 29.4. The summed E-state index contributed by atoms with van der Waals surface area (Å²) >= 11 is 0. The molecule has 0 amide bonds. The summed E-state index contributed by atoms with van der Waals surface area (Å²) in [5, 5.41) is 22.3. The van der Waals surface area contributed by atoms with Crippen molar-refractivity contribution < 1.29 is 28.6 Å². The number of hydrogen-bond donors (Lipinski definition) is 2. The van der Waals surface area contributed by atoms with Crippen LogP contribution >= 0.6 is 0 Å². The Morgan fingerprint density at radius 2 is 1.96 bits per heavy atom. The van der Waals surface area contributed by atoms with Crippen molar-refractivity contribution in [3.8, 4) is 0 Å². The number of hydrogen-bond acceptors (Lipinski definition) is 5. The highest BCUT2D eigenvalue weighted by Gasteiger charge is 2.35. The molecule has 0 radical (unpaired) electrons. The van der Waals surface area contributed by atoms with E-state index in [1.807, 2.05) is 0 Å². The second-order valence-corrected chi connectivity index (χ2v) is 6.50. The standard InChI is InChI=1S/C18H14F2N4O4/c19-11-4-9(3-10(5-11)17(25)26)14-6-12(20)8-23(14)15-1-2-24-16(22-15)13(7-21-24)18(27)28/h1-5,7,12,14H,6,8H2,(H,25,26)(H,27,28)/t12-,14+/m0/s1. The molecule has 0 spiro atoms. The molecule has 3 aromatic rings. The molecular formula is C18H14F2N4O4. The van der Waals surface area contributed by atoms with Gasteiger partial charge in [-0.05, 0) is 29.8 Å². The van der Waals surface area contributed by atoms with E-state index in [1.54, 1.807) is 11.0 Å². The minimum Gasteiger partial charge on any atom is -0.478 e. The van der Waals surface area contributed by atoms with Crippen LogP contribution in [0.3, 0.4) is 0 Å². The van der Waals surface area contributed by atoms with Crippen molar-refractivity contribution in [1.82, 2.24) is 14.6 Å². The zero-order chi connectivity index (χ0) is 20.0. The first-order chi connectivity index (χ1) is 13.3. The number of alkyl halides is 1. The fourth-order valence-electron chi connectivity index (χ4n) is 3.45. The quantitative estimate of drug-likeness (QED) is 0.707. The highest BCUT2D eigenvalue weighted by Crippen LogP contribution is 2.37. The van der Waals surface area contributed by atoms with Gasteiger partial charge in [-0.3, -0.25) is 0 Å². The first-order valence-electron chi connectivity index (χ1n) is 8.35. The summed E-state index contributed by atoms with van der Waals surface area (Å²) in [6, 6.07) is 4.28. The van der Waals surface area contributed by atoms with Crippen molar-refractivity contribution >= 4 is 23.4 Å². The third-order valence-electron chi connectivity index (χ3n) is 4.68. The van der Waals surface area contributed by atoms with Crippen molar-refractivity contribution in [2.24, 2.45) is 0 Å². The lowest BCUT2D eigenvalue weighted by molar-refractivity contribution is 0.0686. The highest BCUT2D eigenvalue weighted by molar-refractivity contribution is 5.94. The molecule has 0 unspecified atom stereocenters. The van der Waals surface area contributed by atoms with Crippen LogP contribution in [-0.2, 0) is 0 Å². The number of anilines is 1. The summed E-state index contributed by atoms with van der Waals surface area (Å²) in [4.78, 5) is 28.4. The third-order valence-corrected chi connectivity index (χ3v) is 4.68. The Balaban J connectivity index is 1.78. The topological polar surface area (TPSA) is 108 Å². The number of rotatable bonds is 4. The second kappa shape index (κ2) is 6.55. The van der Waals surface area contributed by atoms with Gasteiger partial charge in [0.25, 0.3) is 0 Å². The molecule has 1 aromatic carbocycles. The molecule has 28 heavy (non-hydrogen) atoms. The van der Waals surface area contributed by atoms with Gasteiger partial charge in [-0.15, -0.1) is 0 Å². The van der Waals surface area contributed by atoms with E-state index in [1.165, 1.54) is 29.0 Å². The van der Waals surface area contributed by atoms with Crippen molar-refractivity contribution in [1.29, 1.82) is 0 Å². The monoisotopic (exact) mass is 388 g/mol. The average molecular weight is 388 g/mol. The molecule has 2 aromatic heterocycles. The Hall–Kier alpha value is -3.56. The molecule has 1 aliphatic rings. The lowest BCUT2D eigenvalue weighted by atomic mass is 10.0. The van der Waals surface area contributed by atoms with Gasteiger partial charge in [-0.25, -0.2) is 27.9 Å². The molecule has 8 nitrogen and oxygen atoms in total. The van der Waals surface area contributed by atoms with Crippen LogP contribution in [0, 0.1) is 5.82 Å². The Morgan fingerprint density at radius 1 is 1.18 bits per heavy atom. The average Bonchev–Trinajstić information content (AvgIpc) is 3.24. The van der Waals surface area contributed by atoms with Gasteiger partial charge in [0.2, 0.25) is 0 Å². The van der Waals surface area contributed by atoms with Gasteiger partial charge in [0.1, 0.15) is 23.4 Å². The molecule has 1 aliphatic heterocycles. The van der Waals surface area contributed by atoms with Gasteiger partial charge in [-0.2, -0.15) is 5.10 Å². The van der Waals surface area contributed by atoms with Gasteiger partial charge < -0.3 is 15.1 Å². The van der Waals surface area contributed by atoms with Crippen molar-refractivity contribution in [2.45, 2.75) is 18.6 Å². The molecule has 0 aliphatic carbocycles. The fourth-order valence-corrected chi connectivity index (χ4v) is 3.45. The molecule has 4 rings (SSSR count). The second-order valence-electron chi connectivity index (χ2n) is 6.50. The Kier molecular flexibility index (Phi) is 4.17. The summed E-state index contributed by atoms with van der Waals surface area (Å²) in [6.45, 7) is -0.0384. The molecule has 144 valence electrons. The number of halogens is 2. The van der Waals surface area contributed by atoms with Gasteiger partial charge in [0.15, 0.2) is 5.65 Å². The van der Waals surface area contributed by atoms with E-state index in [0.29, 0.717) is 11.4 Å². The molecular weight excluding hydrogens is 374 g/mol. The largest absolute Gasteiger partial charge is 0.478 e. The number of carbonyl (C=O) groups is 2. The number of carboxylic acids is 2. The molecule has 3 heterocycles. The molecule has 0 saturated carbocycles. The minimum atomic E-state index is -1.29. The SMILES string of the molecule is O=C(O)c1cc(F)cc([C@H]2C[C@H](F)CN2c2ccn3ncc(C(=O)O)c3n2)c1. The Morgan fingerprint density at radius 3 is 2.68 bits per heavy atom. The molecule has 10 heteroatoms. The summed E-state index contributed by atoms with van der Waals surface area (Å²) in [7, 11) is 0. The maximum Gasteiger partial charge on any atom is 0.341 e. The van der Waals surface area contributed by atoms with Crippen molar-refractivity contribution in [3.63, 3.8) is 0 Å². The molecule has 2 atom stereocenters. The lowest BCUT2D eigenvalue weighted by Gasteiger charge is -2.26. The smallest absolute Gasteiger partial charge is 0.341 e. The Bertz CT molecular complexity index is 1100.